The van der Waals surface area contributed by atoms with Crippen LogP contribution in [0.4, 0.5) is 0 Å². The van der Waals surface area contributed by atoms with Crippen molar-refractivity contribution in [3.8, 4) is 0 Å². The summed E-state index contributed by atoms with van der Waals surface area (Å²) in [6.45, 7) is 3.60. The Morgan fingerprint density at radius 3 is 2.09 bits per heavy atom. The molecule has 4 atom stereocenters. The molecule has 0 aliphatic heterocycles. The first-order valence-corrected chi connectivity index (χ1v) is 14.1. The van der Waals surface area contributed by atoms with Crippen molar-refractivity contribution in [2.45, 2.75) is 57.3 Å². The number of nitrogens with two attached hydrogens (primary N) is 1. The Hall–Kier alpha value is -4.97. The molecule has 4 unspecified atom stereocenters. The molecule has 226 valence electrons. The van der Waals surface area contributed by atoms with Crippen LogP contribution < -0.4 is 21.7 Å². The third-order valence-corrected chi connectivity index (χ3v) is 7.26. The van der Waals surface area contributed by atoms with Gasteiger partial charge in [0, 0.05) is 48.3 Å². The van der Waals surface area contributed by atoms with Gasteiger partial charge in [-0.1, -0.05) is 62.4 Å². The van der Waals surface area contributed by atoms with Gasteiger partial charge in [0.2, 0.25) is 17.7 Å². The van der Waals surface area contributed by atoms with Gasteiger partial charge in [0.15, 0.2) is 0 Å². The summed E-state index contributed by atoms with van der Waals surface area (Å²) in [7, 11) is 0. The number of hydrogen-bond acceptors (Lipinski definition) is 6. The minimum Gasteiger partial charge on any atom is -0.480 e. The van der Waals surface area contributed by atoms with Crippen molar-refractivity contribution in [2.75, 3.05) is 0 Å². The van der Waals surface area contributed by atoms with Crippen LogP contribution in [0, 0.1) is 5.92 Å². The molecule has 12 nitrogen and oxygen atoms in total. The second kappa shape index (κ2) is 14.3. The third kappa shape index (κ3) is 8.29. The average molecular weight is 588 g/mol. The van der Waals surface area contributed by atoms with Crippen molar-refractivity contribution in [3.05, 3.63) is 90.1 Å². The quantitative estimate of drug-likeness (QED) is 0.116. The lowest BCUT2D eigenvalue weighted by atomic mass is 10.0. The van der Waals surface area contributed by atoms with E-state index < -0.39 is 47.9 Å². The highest BCUT2D eigenvalue weighted by Crippen LogP contribution is 2.19. The Labute approximate surface area is 248 Å². The molecule has 0 aliphatic rings. The van der Waals surface area contributed by atoms with Gasteiger partial charge in [-0.05, 0) is 23.1 Å². The second-order valence-electron chi connectivity index (χ2n) is 10.8. The first kappa shape index (κ1) is 31.0. The number of para-hydroxylation sites is 1. The summed E-state index contributed by atoms with van der Waals surface area (Å²) >= 11 is 0. The molecule has 12 heteroatoms. The summed E-state index contributed by atoms with van der Waals surface area (Å²) in [5, 5.41) is 18.9. The predicted molar refractivity (Wildman–Crippen MR) is 161 cm³/mol. The monoisotopic (exact) mass is 587 g/mol. The van der Waals surface area contributed by atoms with Crippen molar-refractivity contribution < 1.29 is 24.3 Å². The summed E-state index contributed by atoms with van der Waals surface area (Å²) in [6, 6.07) is 12.3. The van der Waals surface area contributed by atoms with E-state index in [2.05, 4.69) is 30.9 Å². The number of aromatic nitrogens is 3. The molecule has 2 aromatic heterocycles. The number of H-pyrrole nitrogens is 2. The SMILES string of the molecule is CC(C)C(N)C(=O)NC(Cc1ccccc1)C(=O)NC(Cc1cnc[nH]1)C(=O)NC(Cc1c[nH]c2ccccc12)C(=O)O. The van der Waals surface area contributed by atoms with Crippen molar-refractivity contribution in [1.29, 1.82) is 0 Å². The number of carbonyl (C=O) groups excluding carboxylic acids is 3. The zero-order chi connectivity index (χ0) is 30.9. The summed E-state index contributed by atoms with van der Waals surface area (Å²) in [5.41, 5.74) is 8.96. The molecule has 8 N–H and O–H groups in total. The Morgan fingerprint density at radius 1 is 0.814 bits per heavy atom. The lowest BCUT2D eigenvalue weighted by molar-refractivity contribution is -0.142. The standard InChI is InChI=1S/C31H37N7O5/c1-18(2)27(32)30(41)37-24(12-19-8-4-3-5-9-19)28(39)36-25(14-21-16-33-17-35-21)29(40)38-26(31(42)43)13-20-15-34-23-11-7-6-10-22(20)23/h3-11,15-18,24-27,34H,12-14,32H2,1-2H3,(H,33,35)(H,36,39)(H,37,41)(H,38,40)(H,42,43). The van der Waals surface area contributed by atoms with E-state index >= 15 is 0 Å². The minimum absolute atomic E-state index is 0.00844. The van der Waals surface area contributed by atoms with E-state index in [-0.39, 0.29) is 25.2 Å². The van der Waals surface area contributed by atoms with Gasteiger partial charge in [-0.2, -0.15) is 0 Å². The third-order valence-electron chi connectivity index (χ3n) is 7.26. The molecule has 43 heavy (non-hydrogen) atoms. The molecule has 2 heterocycles. The summed E-state index contributed by atoms with van der Waals surface area (Å²) in [4.78, 5) is 62.3. The smallest absolute Gasteiger partial charge is 0.326 e. The summed E-state index contributed by atoms with van der Waals surface area (Å²) in [6.07, 6.45) is 4.85. The number of imidazole rings is 1. The van der Waals surface area contributed by atoms with Crippen molar-refractivity contribution in [2.24, 2.45) is 11.7 Å². The fraction of sp³-hybridized carbons (Fsp3) is 0.323. The van der Waals surface area contributed by atoms with Gasteiger partial charge >= 0.3 is 5.97 Å². The highest BCUT2D eigenvalue weighted by molar-refractivity contribution is 5.94. The second-order valence-corrected chi connectivity index (χ2v) is 10.8. The molecule has 2 aromatic carbocycles. The molecule has 0 fully saturated rings. The number of benzene rings is 2. The number of nitrogens with one attached hydrogen (secondary N) is 5. The van der Waals surface area contributed by atoms with Crippen LogP contribution in [0.1, 0.15) is 30.7 Å². The predicted octanol–water partition coefficient (Wildman–Crippen LogP) is 1.44. The molecule has 0 spiro atoms. The molecular formula is C31H37N7O5. The zero-order valence-corrected chi connectivity index (χ0v) is 24.0. The molecule has 0 saturated carbocycles. The van der Waals surface area contributed by atoms with Crippen LogP contribution in [0.5, 0.6) is 0 Å². The largest absolute Gasteiger partial charge is 0.480 e. The Kier molecular flexibility index (Phi) is 10.3. The van der Waals surface area contributed by atoms with Gasteiger partial charge in [-0.3, -0.25) is 14.4 Å². The number of hydrogen-bond donors (Lipinski definition) is 7. The molecule has 0 saturated heterocycles. The molecular weight excluding hydrogens is 550 g/mol. The van der Waals surface area contributed by atoms with Crippen LogP contribution in [0.15, 0.2) is 73.3 Å². The maximum Gasteiger partial charge on any atom is 0.326 e. The Bertz CT molecular complexity index is 1530. The maximum absolute atomic E-state index is 13.6. The van der Waals surface area contributed by atoms with E-state index in [1.807, 2.05) is 54.6 Å². The van der Waals surface area contributed by atoms with E-state index in [0.717, 1.165) is 22.0 Å². The van der Waals surface area contributed by atoms with Gasteiger partial charge in [-0.15, -0.1) is 0 Å². The van der Waals surface area contributed by atoms with Crippen LogP contribution in [-0.4, -0.2) is 67.9 Å². The highest BCUT2D eigenvalue weighted by atomic mass is 16.4. The number of aliphatic carboxylic acids is 1. The number of rotatable bonds is 14. The fourth-order valence-electron chi connectivity index (χ4n) is 4.72. The summed E-state index contributed by atoms with van der Waals surface area (Å²) in [5.74, 6) is -3.19. The van der Waals surface area contributed by atoms with Crippen LogP contribution in [0.25, 0.3) is 10.9 Å². The number of amides is 3. The van der Waals surface area contributed by atoms with Gasteiger partial charge in [0.25, 0.3) is 0 Å². The van der Waals surface area contributed by atoms with E-state index in [1.54, 1.807) is 20.0 Å². The van der Waals surface area contributed by atoms with E-state index in [1.165, 1.54) is 12.5 Å². The van der Waals surface area contributed by atoms with Crippen LogP contribution in [0.2, 0.25) is 0 Å². The molecule has 3 amide bonds. The molecule has 0 aliphatic carbocycles. The molecule has 4 aromatic rings. The number of carboxylic acid groups (broad SMARTS) is 1. The number of carbonyl (C=O) groups is 4. The minimum atomic E-state index is -1.27. The maximum atomic E-state index is 13.6. The number of carboxylic acids is 1. The molecule has 0 bridgehead atoms. The zero-order valence-electron chi connectivity index (χ0n) is 24.0. The normalized spacial score (nSPS) is 14.0. The van der Waals surface area contributed by atoms with E-state index in [9.17, 15) is 24.3 Å². The molecule has 4 rings (SSSR count). The average Bonchev–Trinajstić information content (AvgIpc) is 3.66. The first-order valence-electron chi connectivity index (χ1n) is 14.1. The Balaban J connectivity index is 1.54. The van der Waals surface area contributed by atoms with Gasteiger partial charge in [0.1, 0.15) is 18.1 Å². The lowest BCUT2D eigenvalue weighted by Gasteiger charge is -2.26. The first-order chi connectivity index (χ1) is 20.6. The topological polar surface area (TPSA) is 195 Å². The van der Waals surface area contributed by atoms with Crippen LogP contribution in [-0.2, 0) is 38.4 Å². The number of nitrogens with zero attached hydrogens (tertiary/aromatic N) is 1. The number of fused-ring (bicyclic) bond motifs is 1. The van der Waals surface area contributed by atoms with Crippen LogP contribution in [0.3, 0.4) is 0 Å². The highest BCUT2D eigenvalue weighted by Gasteiger charge is 2.31. The van der Waals surface area contributed by atoms with Gasteiger partial charge in [-0.25, -0.2) is 9.78 Å². The van der Waals surface area contributed by atoms with E-state index in [4.69, 9.17) is 5.73 Å². The fourth-order valence-corrected chi connectivity index (χ4v) is 4.72. The number of aromatic amines is 2. The molecule has 0 radical (unpaired) electrons. The Morgan fingerprint density at radius 2 is 1.44 bits per heavy atom. The van der Waals surface area contributed by atoms with Gasteiger partial charge in [0.05, 0.1) is 12.4 Å². The van der Waals surface area contributed by atoms with Crippen molar-refractivity contribution in [3.63, 3.8) is 0 Å². The van der Waals surface area contributed by atoms with Crippen LogP contribution >= 0.6 is 0 Å². The van der Waals surface area contributed by atoms with Gasteiger partial charge < -0.3 is 36.8 Å². The lowest BCUT2D eigenvalue weighted by Crippen LogP contribution is -2.58. The van der Waals surface area contributed by atoms with Crippen molar-refractivity contribution >= 4 is 34.6 Å². The van der Waals surface area contributed by atoms with Crippen molar-refractivity contribution in [1.82, 2.24) is 30.9 Å². The van der Waals surface area contributed by atoms with E-state index in [0.29, 0.717) is 5.69 Å². The summed E-state index contributed by atoms with van der Waals surface area (Å²) < 4.78 is 0.